The minimum Gasteiger partial charge on any atom is -0.467 e. The van der Waals surface area contributed by atoms with Crippen molar-refractivity contribution in [1.29, 1.82) is 0 Å². The van der Waals surface area contributed by atoms with Crippen LogP contribution in [0.15, 0.2) is 53.1 Å². The molecular formula is C19H21ClN2O3. The number of carbonyl (C=O) groups excluding carboxylic acids is 2. The van der Waals surface area contributed by atoms with Crippen LogP contribution in [-0.2, 0) is 22.7 Å². The Balaban J connectivity index is 1.72. The maximum Gasteiger partial charge on any atom is 0.242 e. The van der Waals surface area contributed by atoms with Gasteiger partial charge < -0.3 is 14.2 Å². The molecule has 1 heterocycles. The molecule has 0 saturated heterocycles. The van der Waals surface area contributed by atoms with E-state index in [4.69, 9.17) is 16.0 Å². The molecule has 0 aliphatic heterocycles. The second kappa shape index (κ2) is 8.21. The van der Waals surface area contributed by atoms with Gasteiger partial charge in [-0.1, -0.05) is 30.3 Å². The smallest absolute Gasteiger partial charge is 0.242 e. The first-order valence-electron chi connectivity index (χ1n) is 8.37. The molecule has 3 rings (SSSR count). The van der Waals surface area contributed by atoms with Gasteiger partial charge in [-0.25, -0.2) is 0 Å². The molecular weight excluding hydrogens is 340 g/mol. The fraction of sp³-hybridized carbons (Fsp3) is 0.368. The molecule has 1 aliphatic carbocycles. The Morgan fingerprint density at radius 3 is 2.40 bits per heavy atom. The predicted molar refractivity (Wildman–Crippen MR) is 94.9 cm³/mol. The van der Waals surface area contributed by atoms with Crippen LogP contribution in [-0.4, -0.2) is 40.1 Å². The molecule has 25 heavy (non-hydrogen) atoms. The van der Waals surface area contributed by atoms with Crippen molar-refractivity contribution in [3.8, 4) is 0 Å². The van der Waals surface area contributed by atoms with Crippen LogP contribution >= 0.6 is 11.6 Å². The Morgan fingerprint density at radius 2 is 1.80 bits per heavy atom. The van der Waals surface area contributed by atoms with E-state index >= 15 is 0 Å². The van der Waals surface area contributed by atoms with E-state index in [9.17, 15) is 9.59 Å². The van der Waals surface area contributed by atoms with E-state index in [0.29, 0.717) is 18.8 Å². The summed E-state index contributed by atoms with van der Waals surface area (Å²) in [4.78, 5) is 28.2. The van der Waals surface area contributed by atoms with E-state index in [1.165, 1.54) is 0 Å². The average Bonchev–Trinajstić information content (AvgIpc) is 3.35. The van der Waals surface area contributed by atoms with Gasteiger partial charge in [0.05, 0.1) is 12.8 Å². The zero-order valence-corrected chi connectivity index (χ0v) is 14.7. The first-order valence-corrected chi connectivity index (χ1v) is 8.90. The molecule has 0 radical (unpaired) electrons. The van der Waals surface area contributed by atoms with Gasteiger partial charge in [0.2, 0.25) is 11.8 Å². The molecule has 6 heteroatoms. The Labute approximate surface area is 152 Å². The van der Waals surface area contributed by atoms with Gasteiger partial charge in [-0.05, 0) is 30.5 Å². The monoisotopic (exact) mass is 360 g/mol. The first-order chi connectivity index (χ1) is 12.2. The number of rotatable bonds is 8. The fourth-order valence-electron chi connectivity index (χ4n) is 2.76. The lowest BCUT2D eigenvalue weighted by molar-refractivity contribution is -0.140. The molecule has 2 aromatic rings. The van der Waals surface area contributed by atoms with Crippen molar-refractivity contribution in [2.24, 2.45) is 0 Å². The molecule has 1 aromatic heterocycles. The van der Waals surface area contributed by atoms with E-state index in [-0.39, 0.29) is 30.3 Å². The number of carbonyl (C=O) groups is 2. The van der Waals surface area contributed by atoms with Gasteiger partial charge in [0, 0.05) is 12.6 Å². The van der Waals surface area contributed by atoms with Crippen LogP contribution < -0.4 is 0 Å². The van der Waals surface area contributed by atoms with E-state index in [1.54, 1.807) is 22.1 Å². The summed E-state index contributed by atoms with van der Waals surface area (Å²) in [6.07, 6.45) is 3.47. The summed E-state index contributed by atoms with van der Waals surface area (Å²) in [5.74, 6) is 0.326. The van der Waals surface area contributed by atoms with Gasteiger partial charge in [-0.3, -0.25) is 9.59 Å². The number of alkyl halides is 1. The van der Waals surface area contributed by atoms with Gasteiger partial charge in [-0.15, -0.1) is 11.6 Å². The standard InChI is InChI=1S/C19H21ClN2O3/c20-11-18(23)22(16-8-9-16)14-19(24)21(13-17-7-4-10-25-17)12-15-5-2-1-3-6-15/h1-7,10,16H,8-9,11-14H2. The van der Waals surface area contributed by atoms with E-state index < -0.39 is 0 Å². The van der Waals surface area contributed by atoms with Crippen molar-refractivity contribution < 1.29 is 14.0 Å². The second-order valence-corrected chi connectivity index (χ2v) is 6.47. The summed E-state index contributed by atoms with van der Waals surface area (Å²) in [5, 5.41) is 0. The van der Waals surface area contributed by atoms with Crippen LogP contribution in [0, 0.1) is 0 Å². The Bertz CT molecular complexity index is 699. The molecule has 1 aliphatic rings. The quantitative estimate of drug-likeness (QED) is 0.680. The molecule has 0 bridgehead atoms. The molecule has 132 valence electrons. The number of benzene rings is 1. The highest BCUT2D eigenvalue weighted by Crippen LogP contribution is 2.27. The van der Waals surface area contributed by atoms with Crippen molar-refractivity contribution in [3.63, 3.8) is 0 Å². The van der Waals surface area contributed by atoms with Crippen molar-refractivity contribution >= 4 is 23.4 Å². The summed E-state index contributed by atoms with van der Waals surface area (Å²) in [5.41, 5.74) is 1.03. The van der Waals surface area contributed by atoms with Gasteiger partial charge in [0.25, 0.3) is 0 Å². The fourth-order valence-corrected chi connectivity index (χ4v) is 2.91. The van der Waals surface area contributed by atoms with Gasteiger partial charge in [0.15, 0.2) is 0 Å². The van der Waals surface area contributed by atoms with E-state index in [0.717, 1.165) is 18.4 Å². The Kier molecular flexibility index (Phi) is 5.76. The van der Waals surface area contributed by atoms with Crippen LogP contribution in [0.4, 0.5) is 0 Å². The number of hydrogen-bond donors (Lipinski definition) is 0. The van der Waals surface area contributed by atoms with Gasteiger partial charge in [0.1, 0.15) is 18.2 Å². The van der Waals surface area contributed by atoms with Gasteiger partial charge >= 0.3 is 0 Å². The average molecular weight is 361 g/mol. The largest absolute Gasteiger partial charge is 0.467 e. The molecule has 0 atom stereocenters. The molecule has 1 saturated carbocycles. The molecule has 1 fully saturated rings. The van der Waals surface area contributed by atoms with Crippen molar-refractivity contribution in [2.45, 2.75) is 32.0 Å². The number of hydrogen-bond acceptors (Lipinski definition) is 3. The summed E-state index contributed by atoms with van der Waals surface area (Å²) in [6, 6.07) is 13.6. The number of halogens is 1. The topological polar surface area (TPSA) is 53.8 Å². The van der Waals surface area contributed by atoms with Crippen molar-refractivity contribution in [3.05, 3.63) is 60.1 Å². The van der Waals surface area contributed by atoms with Crippen LogP contribution in [0.3, 0.4) is 0 Å². The van der Waals surface area contributed by atoms with Gasteiger partial charge in [-0.2, -0.15) is 0 Å². The maximum absolute atomic E-state index is 12.9. The van der Waals surface area contributed by atoms with Crippen LogP contribution in [0.1, 0.15) is 24.2 Å². The highest BCUT2D eigenvalue weighted by atomic mass is 35.5. The van der Waals surface area contributed by atoms with Crippen molar-refractivity contribution in [2.75, 3.05) is 12.4 Å². The van der Waals surface area contributed by atoms with Crippen LogP contribution in [0.2, 0.25) is 0 Å². The molecule has 5 nitrogen and oxygen atoms in total. The maximum atomic E-state index is 12.9. The SMILES string of the molecule is O=C(CN(C(=O)CCl)C1CC1)N(Cc1ccccc1)Cc1ccco1. The number of furan rings is 1. The summed E-state index contributed by atoms with van der Waals surface area (Å²) < 4.78 is 5.39. The molecule has 0 unspecified atom stereocenters. The molecule has 0 spiro atoms. The third kappa shape index (κ3) is 4.86. The second-order valence-electron chi connectivity index (χ2n) is 6.20. The van der Waals surface area contributed by atoms with E-state index in [2.05, 4.69) is 0 Å². The normalized spacial score (nSPS) is 13.5. The minimum absolute atomic E-state index is 0.0593. The summed E-state index contributed by atoms with van der Waals surface area (Å²) >= 11 is 5.70. The van der Waals surface area contributed by atoms with Crippen molar-refractivity contribution in [1.82, 2.24) is 9.80 Å². The minimum atomic E-state index is -0.185. The zero-order valence-electron chi connectivity index (χ0n) is 13.9. The third-order valence-corrected chi connectivity index (χ3v) is 4.45. The highest BCUT2D eigenvalue weighted by Gasteiger charge is 2.34. The molecule has 0 N–H and O–H groups in total. The van der Waals surface area contributed by atoms with Crippen LogP contribution in [0.5, 0.6) is 0 Å². The zero-order chi connectivity index (χ0) is 17.6. The summed E-state index contributed by atoms with van der Waals surface area (Å²) in [7, 11) is 0. The lowest BCUT2D eigenvalue weighted by Crippen LogP contribution is -2.44. The lowest BCUT2D eigenvalue weighted by Gasteiger charge is -2.27. The van der Waals surface area contributed by atoms with Crippen LogP contribution in [0.25, 0.3) is 0 Å². The lowest BCUT2D eigenvalue weighted by atomic mass is 10.2. The molecule has 1 aromatic carbocycles. The Hall–Kier alpha value is -2.27. The number of nitrogens with zero attached hydrogens (tertiary/aromatic N) is 2. The number of amides is 2. The molecule has 2 amide bonds. The first kappa shape index (κ1) is 17.5. The highest BCUT2D eigenvalue weighted by molar-refractivity contribution is 6.27. The van der Waals surface area contributed by atoms with E-state index in [1.807, 2.05) is 36.4 Å². The Morgan fingerprint density at radius 1 is 1.04 bits per heavy atom. The third-order valence-electron chi connectivity index (χ3n) is 4.22. The predicted octanol–water partition coefficient (Wildman–Crippen LogP) is 3.04. The summed E-state index contributed by atoms with van der Waals surface area (Å²) in [6.45, 7) is 0.895.